The van der Waals surface area contributed by atoms with Crippen LogP contribution in [0, 0.1) is 0 Å². The third-order valence-corrected chi connectivity index (χ3v) is 2.99. The summed E-state index contributed by atoms with van der Waals surface area (Å²) in [4.78, 5) is 0. The van der Waals surface area contributed by atoms with Gasteiger partial charge in [-0.3, -0.25) is 0 Å². The Labute approximate surface area is 88.4 Å². The zero-order valence-electron chi connectivity index (χ0n) is 8.14. The van der Waals surface area contributed by atoms with Crippen LogP contribution in [0.5, 0.6) is 0 Å². The van der Waals surface area contributed by atoms with Crippen molar-refractivity contribution in [1.29, 1.82) is 0 Å². The Morgan fingerprint density at radius 2 is 1.87 bits per heavy atom. The number of sulfonamides is 1. The molecular weight excluding hydrogens is 212 g/mol. The van der Waals surface area contributed by atoms with E-state index in [2.05, 4.69) is 9.71 Å². The van der Waals surface area contributed by atoms with Gasteiger partial charge in [0.15, 0.2) is 0 Å². The molecule has 78 valence electrons. The second-order valence-corrected chi connectivity index (χ2v) is 4.66. The normalized spacial score (nSPS) is 18.7. The fourth-order valence-electron chi connectivity index (χ4n) is 1.37. The molecule has 0 saturated heterocycles. The lowest BCUT2D eigenvalue weighted by molar-refractivity contribution is 0.606. The maximum absolute atomic E-state index is 11.3. The molecule has 0 spiro atoms. The SMILES string of the molecule is CC1=NS(=O)(=O)C=C(c2ccccc2)N1. The van der Waals surface area contributed by atoms with E-state index in [0.717, 1.165) is 11.0 Å². The highest BCUT2D eigenvalue weighted by Crippen LogP contribution is 2.16. The number of nitrogens with one attached hydrogen (secondary N) is 1. The monoisotopic (exact) mass is 222 g/mol. The molecule has 0 unspecified atom stereocenters. The fourth-order valence-corrected chi connectivity index (χ4v) is 2.34. The van der Waals surface area contributed by atoms with E-state index >= 15 is 0 Å². The van der Waals surface area contributed by atoms with Crippen molar-refractivity contribution >= 4 is 21.6 Å². The van der Waals surface area contributed by atoms with E-state index in [9.17, 15) is 8.42 Å². The van der Waals surface area contributed by atoms with Gasteiger partial charge in [-0.15, -0.1) is 4.40 Å². The zero-order valence-corrected chi connectivity index (χ0v) is 8.95. The molecule has 1 heterocycles. The summed E-state index contributed by atoms with van der Waals surface area (Å²) in [5, 5.41) is 4.05. The third-order valence-electron chi connectivity index (χ3n) is 1.93. The minimum Gasteiger partial charge on any atom is -0.342 e. The maximum Gasteiger partial charge on any atom is 0.279 e. The van der Waals surface area contributed by atoms with E-state index in [1.165, 1.54) is 0 Å². The second-order valence-electron chi connectivity index (χ2n) is 3.21. The van der Waals surface area contributed by atoms with Crippen LogP contribution >= 0.6 is 0 Å². The summed E-state index contributed by atoms with van der Waals surface area (Å²) in [6.07, 6.45) is 0. The van der Waals surface area contributed by atoms with Gasteiger partial charge in [-0.2, -0.15) is 8.42 Å². The third kappa shape index (κ3) is 2.24. The topological polar surface area (TPSA) is 58.5 Å². The van der Waals surface area contributed by atoms with Crippen molar-refractivity contribution in [1.82, 2.24) is 5.32 Å². The van der Waals surface area contributed by atoms with Gasteiger partial charge >= 0.3 is 0 Å². The van der Waals surface area contributed by atoms with E-state index in [-0.39, 0.29) is 0 Å². The molecule has 0 bridgehead atoms. The summed E-state index contributed by atoms with van der Waals surface area (Å²) in [6, 6.07) is 9.26. The van der Waals surface area contributed by atoms with Crippen molar-refractivity contribution < 1.29 is 8.42 Å². The number of benzene rings is 1. The number of nitrogens with zero attached hydrogens (tertiary/aromatic N) is 1. The first-order valence-electron chi connectivity index (χ1n) is 4.42. The van der Waals surface area contributed by atoms with Gasteiger partial charge in [0.25, 0.3) is 10.0 Å². The van der Waals surface area contributed by atoms with Gasteiger partial charge in [-0.05, 0) is 12.5 Å². The van der Waals surface area contributed by atoms with Gasteiger partial charge in [0.05, 0.1) is 11.1 Å². The van der Waals surface area contributed by atoms with Crippen LogP contribution in [0.2, 0.25) is 0 Å². The molecule has 0 aliphatic carbocycles. The smallest absolute Gasteiger partial charge is 0.279 e. The molecule has 0 atom stereocenters. The molecule has 1 N–H and O–H groups in total. The molecule has 1 aromatic carbocycles. The highest BCUT2D eigenvalue weighted by Gasteiger charge is 2.15. The van der Waals surface area contributed by atoms with Gasteiger partial charge < -0.3 is 5.32 Å². The summed E-state index contributed by atoms with van der Waals surface area (Å²) < 4.78 is 26.2. The molecule has 0 amide bonds. The summed E-state index contributed by atoms with van der Waals surface area (Å²) >= 11 is 0. The lowest BCUT2D eigenvalue weighted by Gasteiger charge is -2.14. The maximum atomic E-state index is 11.3. The first kappa shape index (κ1) is 9.92. The molecule has 5 heteroatoms. The van der Waals surface area contributed by atoms with Crippen LogP contribution in [0.4, 0.5) is 0 Å². The average molecular weight is 222 g/mol. The summed E-state index contributed by atoms with van der Waals surface area (Å²) in [6.45, 7) is 1.62. The molecule has 0 radical (unpaired) electrons. The van der Waals surface area contributed by atoms with Gasteiger partial charge in [-0.1, -0.05) is 30.3 Å². The lowest BCUT2D eigenvalue weighted by atomic mass is 10.2. The largest absolute Gasteiger partial charge is 0.342 e. The number of amidine groups is 1. The first-order valence-corrected chi connectivity index (χ1v) is 5.93. The van der Waals surface area contributed by atoms with Crippen LogP contribution in [0.15, 0.2) is 40.1 Å². The van der Waals surface area contributed by atoms with Crippen LogP contribution < -0.4 is 5.32 Å². The Morgan fingerprint density at radius 1 is 1.20 bits per heavy atom. The highest BCUT2D eigenvalue weighted by molar-refractivity contribution is 7.93. The van der Waals surface area contributed by atoms with Gasteiger partial charge in [0.2, 0.25) is 0 Å². The molecular formula is C10H10N2O2S. The Kier molecular flexibility index (Phi) is 2.32. The molecule has 1 aromatic rings. The summed E-state index contributed by atoms with van der Waals surface area (Å²) in [5.74, 6) is 0.386. The summed E-state index contributed by atoms with van der Waals surface area (Å²) in [5.41, 5.74) is 1.39. The first-order chi connectivity index (χ1) is 7.07. The minimum atomic E-state index is -3.47. The zero-order chi connectivity index (χ0) is 10.9. The Balaban J connectivity index is 2.46. The van der Waals surface area contributed by atoms with Crippen LogP contribution in [-0.2, 0) is 10.0 Å². The number of rotatable bonds is 1. The van der Waals surface area contributed by atoms with Gasteiger partial charge in [-0.25, -0.2) is 0 Å². The van der Waals surface area contributed by atoms with Crippen LogP contribution in [0.1, 0.15) is 12.5 Å². The molecule has 4 nitrogen and oxygen atoms in total. The molecule has 1 aliphatic heterocycles. The van der Waals surface area contributed by atoms with Gasteiger partial charge in [0.1, 0.15) is 5.84 Å². The molecule has 0 fully saturated rings. The van der Waals surface area contributed by atoms with Crippen molar-refractivity contribution in [3.8, 4) is 0 Å². The standard InChI is InChI=1S/C10H10N2O2S/c1-8-11-10(7-15(13,14)12-8)9-5-3-2-4-6-9/h2-7H,1H3,(H,11,12). The highest BCUT2D eigenvalue weighted by atomic mass is 32.2. The fraction of sp³-hybridized carbons (Fsp3) is 0.100. The van der Waals surface area contributed by atoms with Crippen molar-refractivity contribution in [2.45, 2.75) is 6.92 Å². The number of hydrogen-bond acceptors (Lipinski definition) is 3. The molecule has 0 saturated carbocycles. The minimum absolute atomic E-state index is 0.386. The Morgan fingerprint density at radius 3 is 2.47 bits per heavy atom. The molecule has 2 rings (SSSR count). The van der Waals surface area contributed by atoms with Crippen LogP contribution in [0.3, 0.4) is 0 Å². The Hall–Kier alpha value is -1.62. The van der Waals surface area contributed by atoms with E-state index in [4.69, 9.17) is 0 Å². The van der Waals surface area contributed by atoms with Crippen molar-refractivity contribution in [2.24, 2.45) is 4.40 Å². The van der Waals surface area contributed by atoms with E-state index < -0.39 is 10.0 Å². The lowest BCUT2D eigenvalue weighted by Crippen LogP contribution is -2.24. The quantitative estimate of drug-likeness (QED) is 0.780. The predicted molar refractivity (Wildman–Crippen MR) is 59.6 cm³/mol. The summed E-state index contributed by atoms with van der Waals surface area (Å²) in [7, 11) is -3.47. The average Bonchev–Trinajstić information content (AvgIpc) is 2.16. The molecule has 1 aliphatic rings. The van der Waals surface area contributed by atoms with Crippen molar-refractivity contribution in [2.75, 3.05) is 0 Å². The van der Waals surface area contributed by atoms with E-state index in [1.807, 2.05) is 30.3 Å². The molecule has 0 aromatic heterocycles. The second kappa shape index (κ2) is 3.51. The Bertz CT molecular complexity index is 530. The molecule has 15 heavy (non-hydrogen) atoms. The van der Waals surface area contributed by atoms with Gasteiger partial charge in [0, 0.05) is 0 Å². The predicted octanol–water partition coefficient (Wildman–Crippen LogP) is 1.34. The van der Waals surface area contributed by atoms with Crippen LogP contribution in [0.25, 0.3) is 5.70 Å². The van der Waals surface area contributed by atoms with Crippen LogP contribution in [-0.4, -0.2) is 14.3 Å². The van der Waals surface area contributed by atoms with E-state index in [0.29, 0.717) is 11.5 Å². The number of hydrogen-bond donors (Lipinski definition) is 1. The van der Waals surface area contributed by atoms with Crippen molar-refractivity contribution in [3.63, 3.8) is 0 Å². The van der Waals surface area contributed by atoms with Crippen molar-refractivity contribution in [3.05, 3.63) is 41.3 Å². The van der Waals surface area contributed by atoms with E-state index in [1.54, 1.807) is 6.92 Å².